The average Bonchev–Trinajstić information content (AvgIpc) is 3.16. The number of oxazole rings is 1. The van der Waals surface area contributed by atoms with Crippen LogP contribution in [0.2, 0.25) is 0 Å². The molecule has 3 rings (SSSR count). The number of halogens is 3. The Morgan fingerprint density at radius 2 is 2.00 bits per heavy atom. The molecule has 0 aliphatic carbocycles. The van der Waals surface area contributed by atoms with Gasteiger partial charge in [0.05, 0.1) is 5.56 Å². The zero-order valence-electron chi connectivity index (χ0n) is 14.7. The van der Waals surface area contributed by atoms with Crippen molar-refractivity contribution in [1.29, 1.82) is 0 Å². The normalized spacial score (nSPS) is 11.6. The Balaban J connectivity index is 2.11. The van der Waals surface area contributed by atoms with Gasteiger partial charge in [-0.3, -0.25) is 4.79 Å². The van der Waals surface area contributed by atoms with Gasteiger partial charge in [-0.05, 0) is 41.8 Å². The Labute approximate surface area is 158 Å². The van der Waals surface area contributed by atoms with Crippen LogP contribution in [-0.2, 0) is 23.9 Å². The smallest absolute Gasteiger partial charge is 0.416 e. The molecule has 0 atom stereocenters. The fourth-order valence-corrected chi connectivity index (χ4v) is 2.98. The highest BCUT2D eigenvalue weighted by Gasteiger charge is 2.30. The van der Waals surface area contributed by atoms with E-state index in [2.05, 4.69) is 16.9 Å². The molecule has 0 saturated carbocycles. The highest BCUT2D eigenvalue weighted by Crippen LogP contribution is 2.35. The molecule has 1 amide bonds. The molecule has 0 spiro atoms. The lowest BCUT2D eigenvalue weighted by molar-refractivity contribution is -0.137. The molecule has 5 nitrogen and oxygen atoms in total. The lowest BCUT2D eigenvalue weighted by atomic mass is 9.95. The molecule has 3 aromatic rings. The fourth-order valence-electron chi connectivity index (χ4n) is 2.98. The maximum atomic E-state index is 12.8. The van der Waals surface area contributed by atoms with Crippen LogP contribution in [0.5, 0.6) is 0 Å². The second-order valence-corrected chi connectivity index (χ2v) is 6.06. The third kappa shape index (κ3) is 3.91. The number of carbonyl (C=O) groups is 1. The second-order valence-electron chi connectivity index (χ2n) is 6.06. The van der Waals surface area contributed by atoms with Crippen LogP contribution < -0.4 is 5.32 Å². The van der Waals surface area contributed by atoms with Gasteiger partial charge in [0, 0.05) is 24.3 Å². The van der Waals surface area contributed by atoms with Gasteiger partial charge in [-0.1, -0.05) is 18.7 Å². The van der Waals surface area contributed by atoms with Crippen molar-refractivity contribution in [3.63, 3.8) is 0 Å². The van der Waals surface area contributed by atoms with Gasteiger partial charge in [-0.15, -0.1) is 0 Å². The van der Waals surface area contributed by atoms with Gasteiger partial charge in [0.2, 0.25) is 5.91 Å². The molecule has 2 N–H and O–H groups in total. The van der Waals surface area contributed by atoms with E-state index >= 15 is 0 Å². The Morgan fingerprint density at radius 1 is 1.29 bits per heavy atom. The van der Waals surface area contributed by atoms with Gasteiger partial charge < -0.3 is 14.8 Å². The van der Waals surface area contributed by atoms with E-state index in [0.29, 0.717) is 33.4 Å². The van der Waals surface area contributed by atoms with E-state index in [-0.39, 0.29) is 25.5 Å². The number of aliphatic hydroxyl groups is 1. The number of hydrogen-bond donors (Lipinski definition) is 2. The van der Waals surface area contributed by atoms with Gasteiger partial charge in [0.25, 0.3) is 0 Å². The van der Waals surface area contributed by atoms with Crippen molar-refractivity contribution in [1.82, 2.24) is 10.3 Å². The van der Waals surface area contributed by atoms with E-state index in [0.717, 1.165) is 18.2 Å². The van der Waals surface area contributed by atoms with Gasteiger partial charge in [-0.25, -0.2) is 4.98 Å². The minimum absolute atomic E-state index is 0.141. The number of carbonyl (C=O) groups excluding carboxylic acids is 1. The number of amides is 1. The number of hydrogen-bond acceptors (Lipinski definition) is 4. The van der Waals surface area contributed by atoms with Crippen LogP contribution in [0.1, 0.15) is 16.7 Å². The van der Waals surface area contributed by atoms with Crippen molar-refractivity contribution in [2.75, 3.05) is 6.61 Å². The number of alkyl halides is 3. The predicted molar refractivity (Wildman–Crippen MR) is 97.3 cm³/mol. The molecule has 0 radical (unpaired) electrons. The van der Waals surface area contributed by atoms with E-state index in [4.69, 9.17) is 4.42 Å². The van der Waals surface area contributed by atoms with Gasteiger partial charge in [0.1, 0.15) is 5.52 Å². The summed E-state index contributed by atoms with van der Waals surface area (Å²) in [7, 11) is 0. The van der Waals surface area contributed by atoms with Crippen LogP contribution in [-0.4, -0.2) is 22.6 Å². The summed E-state index contributed by atoms with van der Waals surface area (Å²) in [6, 6.07) is 6.47. The van der Waals surface area contributed by atoms with Crippen molar-refractivity contribution < 1.29 is 27.5 Å². The topological polar surface area (TPSA) is 75.4 Å². The maximum absolute atomic E-state index is 12.8. The molecule has 0 aliphatic heterocycles. The largest absolute Gasteiger partial charge is 0.443 e. The minimum atomic E-state index is -4.42. The number of nitrogens with zero attached hydrogens (tertiary/aromatic N) is 1. The minimum Gasteiger partial charge on any atom is -0.443 e. The quantitative estimate of drug-likeness (QED) is 0.627. The average molecular weight is 390 g/mol. The first-order chi connectivity index (χ1) is 13.3. The van der Waals surface area contributed by atoms with E-state index in [1.807, 2.05) is 0 Å². The van der Waals surface area contributed by atoms with Gasteiger partial charge >= 0.3 is 6.18 Å². The third-order valence-corrected chi connectivity index (χ3v) is 4.33. The molecule has 1 heterocycles. The Bertz CT molecular complexity index is 1010. The summed E-state index contributed by atoms with van der Waals surface area (Å²) in [6.45, 7) is 3.40. The molecule has 0 unspecified atom stereocenters. The monoisotopic (exact) mass is 390 g/mol. The number of nitrogens with one attached hydrogen (secondary N) is 1. The molecular formula is C20H17F3N2O3. The SMILES string of the molecule is C=CC(=O)NCc1cc(-c2ccc(C(F)(F)F)cc2)c2ncoc2c1CCO. The van der Waals surface area contributed by atoms with E-state index in [1.165, 1.54) is 18.5 Å². The van der Waals surface area contributed by atoms with Crippen LogP contribution in [0.4, 0.5) is 13.2 Å². The molecule has 0 bridgehead atoms. The molecule has 0 fully saturated rings. The second kappa shape index (κ2) is 7.85. The first-order valence-electron chi connectivity index (χ1n) is 8.42. The van der Waals surface area contributed by atoms with Crippen molar-refractivity contribution >= 4 is 17.0 Å². The number of rotatable bonds is 6. The Hall–Kier alpha value is -3.13. The summed E-state index contributed by atoms with van der Waals surface area (Å²) in [5.74, 6) is -0.372. The molecule has 1 aromatic heterocycles. The summed E-state index contributed by atoms with van der Waals surface area (Å²) < 4.78 is 44.0. The van der Waals surface area contributed by atoms with Crippen molar-refractivity contribution in [3.8, 4) is 11.1 Å². The number of aromatic nitrogens is 1. The number of benzene rings is 2. The zero-order valence-corrected chi connectivity index (χ0v) is 14.7. The van der Waals surface area contributed by atoms with Crippen LogP contribution >= 0.6 is 0 Å². The number of aliphatic hydroxyl groups excluding tert-OH is 1. The first kappa shape index (κ1) is 19.6. The lowest BCUT2D eigenvalue weighted by Crippen LogP contribution is -2.21. The molecule has 8 heteroatoms. The zero-order chi connectivity index (χ0) is 20.3. The van der Waals surface area contributed by atoms with E-state index in [1.54, 1.807) is 6.07 Å². The summed E-state index contributed by atoms with van der Waals surface area (Å²) >= 11 is 0. The molecule has 2 aromatic carbocycles. The van der Waals surface area contributed by atoms with Crippen LogP contribution in [0.3, 0.4) is 0 Å². The highest BCUT2D eigenvalue weighted by atomic mass is 19.4. The van der Waals surface area contributed by atoms with Crippen molar-refractivity contribution in [3.05, 3.63) is 66.1 Å². The van der Waals surface area contributed by atoms with Crippen LogP contribution in [0.15, 0.2) is 53.8 Å². The Morgan fingerprint density at radius 3 is 2.61 bits per heavy atom. The van der Waals surface area contributed by atoms with Crippen LogP contribution in [0, 0.1) is 0 Å². The summed E-state index contributed by atoms with van der Waals surface area (Å²) in [6.07, 6.45) is -1.77. The first-order valence-corrected chi connectivity index (χ1v) is 8.42. The standard InChI is InChI=1S/C20H17F3N2O3/c1-2-17(27)24-10-13-9-16(12-3-5-14(6-4-12)20(21,22)23)18-19(28-11-25-18)15(13)7-8-26/h2-6,9,11,26H,1,7-8,10H2,(H,24,27). The lowest BCUT2D eigenvalue weighted by Gasteiger charge is -2.14. The predicted octanol–water partition coefficient (Wildman–Crippen LogP) is 3.85. The molecule has 0 aliphatic rings. The van der Waals surface area contributed by atoms with Crippen molar-refractivity contribution in [2.45, 2.75) is 19.1 Å². The van der Waals surface area contributed by atoms with Crippen LogP contribution in [0.25, 0.3) is 22.2 Å². The summed E-state index contributed by atoms with van der Waals surface area (Å²) in [5.41, 5.74) is 2.60. The molecule has 0 saturated heterocycles. The Kier molecular flexibility index (Phi) is 5.51. The maximum Gasteiger partial charge on any atom is 0.416 e. The molecule has 146 valence electrons. The summed E-state index contributed by atoms with van der Waals surface area (Å²) in [4.78, 5) is 15.7. The summed E-state index contributed by atoms with van der Waals surface area (Å²) in [5, 5.41) is 12.0. The van der Waals surface area contributed by atoms with Gasteiger partial charge in [-0.2, -0.15) is 13.2 Å². The molecular weight excluding hydrogens is 373 g/mol. The highest BCUT2D eigenvalue weighted by molar-refractivity contribution is 5.94. The number of fused-ring (bicyclic) bond motifs is 1. The van der Waals surface area contributed by atoms with E-state index < -0.39 is 11.7 Å². The van der Waals surface area contributed by atoms with Gasteiger partial charge in [0.15, 0.2) is 12.0 Å². The fraction of sp³-hybridized carbons (Fsp3) is 0.200. The van der Waals surface area contributed by atoms with Crippen molar-refractivity contribution in [2.24, 2.45) is 0 Å². The molecule has 28 heavy (non-hydrogen) atoms. The van der Waals surface area contributed by atoms with E-state index in [9.17, 15) is 23.1 Å². The third-order valence-electron chi connectivity index (χ3n) is 4.33.